The molecule has 4 heteroatoms. The molecule has 0 unspecified atom stereocenters. The van der Waals surface area contributed by atoms with Gasteiger partial charge in [0.25, 0.3) is 0 Å². The summed E-state index contributed by atoms with van der Waals surface area (Å²) in [5, 5.41) is 3.99. The number of morpholine rings is 1. The fourth-order valence-corrected chi connectivity index (χ4v) is 1.22. The minimum atomic E-state index is 0.678. The summed E-state index contributed by atoms with van der Waals surface area (Å²) in [6.07, 6.45) is 0.956. The quantitative estimate of drug-likeness (QED) is 0.379. The van der Waals surface area contributed by atoms with Gasteiger partial charge in [0, 0.05) is 19.6 Å². The topological polar surface area (TPSA) is 34.1 Å². The maximum Gasteiger partial charge on any atom is 0.129 e. The Balaban J connectivity index is 2.02. The highest BCUT2D eigenvalue weighted by atomic mass is 16.6. The number of hydrogen-bond donors (Lipinski definition) is 0. The molecule has 0 aromatic carbocycles. The Hall–Kier alpha value is -0.610. The first-order valence-corrected chi connectivity index (χ1v) is 5.28. The molecular formula is C10H20N2O2. The Bertz CT molecular complexity index is 177. The summed E-state index contributed by atoms with van der Waals surface area (Å²) in [6.45, 7) is 9.40. The van der Waals surface area contributed by atoms with E-state index in [0.717, 1.165) is 45.0 Å². The number of ether oxygens (including phenoxy) is 1. The van der Waals surface area contributed by atoms with Gasteiger partial charge < -0.3 is 9.57 Å². The van der Waals surface area contributed by atoms with Crippen molar-refractivity contribution >= 4 is 5.71 Å². The van der Waals surface area contributed by atoms with Crippen molar-refractivity contribution in [2.75, 3.05) is 39.5 Å². The average Bonchev–Trinajstić information content (AvgIpc) is 2.25. The van der Waals surface area contributed by atoms with Crippen LogP contribution >= 0.6 is 0 Å². The largest absolute Gasteiger partial charge is 0.394 e. The van der Waals surface area contributed by atoms with Gasteiger partial charge in [0.15, 0.2) is 0 Å². The van der Waals surface area contributed by atoms with E-state index in [-0.39, 0.29) is 0 Å². The summed E-state index contributed by atoms with van der Waals surface area (Å²) in [4.78, 5) is 7.53. The molecule has 0 aromatic rings. The van der Waals surface area contributed by atoms with Crippen LogP contribution in [0.1, 0.15) is 20.3 Å². The molecule has 0 amide bonds. The Morgan fingerprint density at radius 1 is 1.43 bits per heavy atom. The average molecular weight is 200 g/mol. The molecule has 0 aromatic heterocycles. The first-order chi connectivity index (χ1) is 6.83. The van der Waals surface area contributed by atoms with Gasteiger partial charge in [0.2, 0.25) is 0 Å². The summed E-state index contributed by atoms with van der Waals surface area (Å²) >= 11 is 0. The van der Waals surface area contributed by atoms with Crippen molar-refractivity contribution < 1.29 is 9.57 Å². The molecule has 82 valence electrons. The van der Waals surface area contributed by atoms with Crippen LogP contribution < -0.4 is 0 Å². The van der Waals surface area contributed by atoms with Crippen molar-refractivity contribution in [1.29, 1.82) is 0 Å². The monoisotopic (exact) mass is 200 g/mol. The van der Waals surface area contributed by atoms with Gasteiger partial charge in [0.05, 0.1) is 18.9 Å². The first-order valence-electron chi connectivity index (χ1n) is 5.28. The van der Waals surface area contributed by atoms with E-state index in [9.17, 15) is 0 Å². The normalized spacial score (nSPS) is 19.7. The zero-order valence-electron chi connectivity index (χ0n) is 9.16. The van der Waals surface area contributed by atoms with Gasteiger partial charge in [-0.05, 0) is 13.3 Å². The highest BCUT2D eigenvalue weighted by molar-refractivity contribution is 5.80. The summed E-state index contributed by atoms with van der Waals surface area (Å²) < 4.78 is 5.25. The van der Waals surface area contributed by atoms with Gasteiger partial charge in [0.1, 0.15) is 6.61 Å². The number of rotatable bonds is 5. The third-order valence-electron chi connectivity index (χ3n) is 2.33. The second-order valence-corrected chi connectivity index (χ2v) is 3.47. The van der Waals surface area contributed by atoms with Gasteiger partial charge >= 0.3 is 0 Å². The molecule has 1 saturated heterocycles. The van der Waals surface area contributed by atoms with Crippen LogP contribution in [0.25, 0.3) is 0 Å². The van der Waals surface area contributed by atoms with Crippen molar-refractivity contribution in [3.05, 3.63) is 0 Å². The minimum Gasteiger partial charge on any atom is -0.394 e. The number of oxime groups is 1. The van der Waals surface area contributed by atoms with E-state index < -0.39 is 0 Å². The second-order valence-electron chi connectivity index (χ2n) is 3.47. The number of nitrogens with zero attached hydrogens (tertiary/aromatic N) is 2. The molecule has 0 bridgehead atoms. The summed E-state index contributed by atoms with van der Waals surface area (Å²) in [5.74, 6) is 0. The predicted molar refractivity (Wildman–Crippen MR) is 56.6 cm³/mol. The zero-order valence-corrected chi connectivity index (χ0v) is 9.16. The minimum absolute atomic E-state index is 0.678. The molecule has 4 nitrogen and oxygen atoms in total. The fourth-order valence-electron chi connectivity index (χ4n) is 1.22. The van der Waals surface area contributed by atoms with Gasteiger partial charge in [-0.2, -0.15) is 0 Å². The molecule has 0 atom stereocenters. The van der Waals surface area contributed by atoms with Crippen LogP contribution in [0.5, 0.6) is 0 Å². The summed E-state index contributed by atoms with van der Waals surface area (Å²) in [7, 11) is 0. The summed E-state index contributed by atoms with van der Waals surface area (Å²) in [5.41, 5.74) is 1.05. The van der Waals surface area contributed by atoms with E-state index in [0.29, 0.717) is 6.61 Å². The first kappa shape index (κ1) is 11.5. The van der Waals surface area contributed by atoms with Crippen molar-refractivity contribution in [2.24, 2.45) is 5.16 Å². The molecule has 0 spiro atoms. The highest BCUT2D eigenvalue weighted by Crippen LogP contribution is 1.96. The van der Waals surface area contributed by atoms with Gasteiger partial charge in [-0.25, -0.2) is 0 Å². The zero-order chi connectivity index (χ0) is 10.2. The second kappa shape index (κ2) is 6.79. The van der Waals surface area contributed by atoms with Crippen LogP contribution in [0.15, 0.2) is 5.16 Å². The Morgan fingerprint density at radius 2 is 2.14 bits per heavy atom. The van der Waals surface area contributed by atoms with Crippen molar-refractivity contribution in [1.82, 2.24) is 4.90 Å². The van der Waals surface area contributed by atoms with Gasteiger partial charge in [-0.3, -0.25) is 4.90 Å². The molecule has 0 aliphatic carbocycles. The smallest absolute Gasteiger partial charge is 0.129 e. The third-order valence-corrected chi connectivity index (χ3v) is 2.33. The standard InChI is InChI=1S/C10H20N2O2/c1-3-10(2)11-14-9-6-12-4-7-13-8-5-12/h3-9H2,1-2H3. The third kappa shape index (κ3) is 4.58. The SMILES string of the molecule is CCC(C)=NOCCN1CCOCC1. The maximum atomic E-state index is 5.25. The molecule has 0 saturated carbocycles. The van der Waals surface area contributed by atoms with Gasteiger partial charge in [-0.15, -0.1) is 0 Å². The lowest BCUT2D eigenvalue weighted by Crippen LogP contribution is -2.38. The molecule has 1 rings (SSSR count). The van der Waals surface area contributed by atoms with Crippen molar-refractivity contribution in [2.45, 2.75) is 20.3 Å². The fraction of sp³-hybridized carbons (Fsp3) is 0.900. The van der Waals surface area contributed by atoms with E-state index in [2.05, 4.69) is 17.0 Å². The Kier molecular flexibility index (Phi) is 5.56. The maximum absolute atomic E-state index is 5.25. The van der Waals surface area contributed by atoms with Crippen LogP contribution in [-0.4, -0.2) is 50.1 Å². The molecular weight excluding hydrogens is 180 g/mol. The van der Waals surface area contributed by atoms with Crippen molar-refractivity contribution in [3.8, 4) is 0 Å². The van der Waals surface area contributed by atoms with E-state index in [1.54, 1.807) is 0 Å². The Morgan fingerprint density at radius 3 is 2.79 bits per heavy atom. The van der Waals surface area contributed by atoms with Gasteiger partial charge in [-0.1, -0.05) is 12.1 Å². The number of hydrogen-bond acceptors (Lipinski definition) is 4. The molecule has 0 radical (unpaired) electrons. The lowest BCUT2D eigenvalue weighted by molar-refractivity contribution is 0.0211. The van der Waals surface area contributed by atoms with E-state index in [1.165, 1.54) is 0 Å². The van der Waals surface area contributed by atoms with Crippen LogP contribution in [0.4, 0.5) is 0 Å². The molecule has 14 heavy (non-hydrogen) atoms. The Labute approximate surface area is 85.9 Å². The predicted octanol–water partition coefficient (Wildman–Crippen LogP) is 1.12. The van der Waals surface area contributed by atoms with Crippen LogP contribution in [0.3, 0.4) is 0 Å². The molecule has 1 fully saturated rings. The van der Waals surface area contributed by atoms with E-state index in [1.807, 2.05) is 6.92 Å². The van der Waals surface area contributed by atoms with E-state index in [4.69, 9.17) is 9.57 Å². The lowest BCUT2D eigenvalue weighted by Gasteiger charge is -2.25. The lowest BCUT2D eigenvalue weighted by atomic mass is 10.3. The van der Waals surface area contributed by atoms with Crippen LogP contribution in [-0.2, 0) is 9.57 Å². The molecule has 0 N–H and O–H groups in total. The van der Waals surface area contributed by atoms with Crippen molar-refractivity contribution in [3.63, 3.8) is 0 Å². The van der Waals surface area contributed by atoms with E-state index >= 15 is 0 Å². The highest BCUT2D eigenvalue weighted by Gasteiger charge is 2.09. The van der Waals surface area contributed by atoms with Crippen LogP contribution in [0, 0.1) is 0 Å². The van der Waals surface area contributed by atoms with Crippen LogP contribution in [0.2, 0.25) is 0 Å². The summed E-state index contributed by atoms with van der Waals surface area (Å²) in [6, 6.07) is 0. The molecule has 1 aliphatic heterocycles. The molecule has 1 heterocycles. The molecule has 1 aliphatic rings.